The smallest absolute Gasteiger partial charge is 0.325 e. The lowest BCUT2D eigenvalue weighted by molar-refractivity contribution is -0.138. The zero-order valence-electron chi connectivity index (χ0n) is 14.4. The number of aromatic nitrogens is 1. The van der Waals surface area contributed by atoms with Crippen molar-refractivity contribution < 1.29 is 19.5 Å². The summed E-state index contributed by atoms with van der Waals surface area (Å²) in [6.45, 7) is 3.03. The third kappa shape index (κ3) is 5.04. The Labute approximate surface area is 149 Å². The number of rotatable bonds is 6. The number of amides is 2. The Morgan fingerprint density at radius 1 is 1.15 bits per heavy atom. The molecule has 0 spiro atoms. The molecule has 1 atom stereocenters. The number of carboxylic acids is 1. The van der Waals surface area contributed by atoms with Gasteiger partial charge >= 0.3 is 5.97 Å². The number of aliphatic carboxylic acids is 1. The van der Waals surface area contributed by atoms with Gasteiger partial charge in [0.15, 0.2) is 0 Å². The van der Waals surface area contributed by atoms with Crippen molar-refractivity contribution in [3.8, 4) is 0 Å². The topological polar surface area (TPSA) is 118 Å². The maximum Gasteiger partial charge on any atom is 0.325 e. The molecule has 3 N–H and O–H groups in total. The number of carboxylic acid groups (broad SMARTS) is 1. The summed E-state index contributed by atoms with van der Waals surface area (Å²) in [6, 6.07) is 8.16. The van der Waals surface area contributed by atoms with Crippen molar-refractivity contribution in [1.29, 1.82) is 0 Å². The van der Waals surface area contributed by atoms with Crippen LogP contribution in [-0.2, 0) is 16.1 Å². The number of hydrogen-bond donors (Lipinski definition) is 3. The first-order chi connectivity index (χ1) is 12.3. The van der Waals surface area contributed by atoms with Gasteiger partial charge in [0.05, 0.1) is 0 Å². The number of nitrogens with one attached hydrogen (secondary N) is 2. The van der Waals surface area contributed by atoms with Gasteiger partial charge in [0, 0.05) is 23.5 Å². The first kappa shape index (κ1) is 18.9. The van der Waals surface area contributed by atoms with Gasteiger partial charge in [-0.2, -0.15) is 0 Å². The molecule has 0 saturated carbocycles. The van der Waals surface area contributed by atoms with Gasteiger partial charge in [-0.3, -0.25) is 19.2 Å². The third-order valence-corrected chi connectivity index (χ3v) is 3.61. The van der Waals surface area contributed by atoms with Crippen molar-refractivity contribution in [3.63, 3.8) is 0 Å². The Morgan fingerprint density at radius 3 is 2.38 bits per heavy atom. The average molecular weight is 357 g/mol. The highest BCUT2D eigenvalue weighted by Gasteiger charge is 2.15. The fraction of sp³-hybridized carbons (Fsp3) is 0.222. The van der Waals surface area contributed by atoms with Crippen LogP contribution >= 0.6 is 0 Å². The van der Waals surface area contributed by atoms with Crippen molar-refractivity contribution in [2.75, 3.05) is 5.32 Å². The van der Waals surface area contributed by atoms with E-state index in [2.05, 4.69) is 10.6 Å². The summed E-state index contributed by atoms with van der Waals surface area (Å²) in [7, 11) is 0. The van der Waals surface area contributed by atoms with Gasteiger partial charge in [-0.25, -0.2) is 0 Å². The maximum absolute atomic E-state index is 12.0. The number of nitrogens with zero attached hydrogens (tertiary/aromatic N) is 1. The molecule has 0 aliphatic heterocycles. The van der Waals surface area contributed by atoms with E-state index in [0.717, 1.165) is 5.56 Å². The Bertz CT molecular complexity index is 886. The SMILES string of the molecule is Cc1ccn(CC(=O)Nc2ccc(C(=O)NC(C)C(=O)O)cc2)c(=O)c1. The van der Waals surface area contributed by atoms with Crippen LogP contribution < -0.4 is 16.2 Å². The number of pyridine rings is 1. The summed E-state index contributed by atoms with van der Waals surface area (Å²) < 4.78 is 1.29. The molecule has 8 heteroatoms. The van der Waals surface area contributed by atoms with Gasteiger partial charge in [0.2, 0.25) is 5.91 Å². The van der Waals surface area contributed by atoms with Crippen LogP contribution in [-0.4, -0.2) is 33.5 Å². The fourth-order valence-electron chi connectivity index (χ4n) is 2.14. The minimum atomic E-state index is -1.13. The van der Waals surface area contributed by atoms with E-state index in [-0.39, 0.29) is 23.6 Å². The highest BCUT2D eigenvalue weighted by atomic mass is 16.4. The van der Waals surface area contributed by atoms with Crippen molar-refractivity contribution in [1.82, 2.24) is 9.88 Å². The van der Waals surface area contributed by atoms with Crippen LogP contribution in [0.5, 0.6) is 0 Å². The Hall–Kier alpha value is -3.42. The van der Waals surface area contributed by atoms with Crippen LogP contribution in [0.4, 0.5) is 5.69 Å². The monoisotopic (exact) mass is 357 g/mol. The lowest BCUT2D eigenvalue weighted by Gasteiger charge is -2.10. The molecule has 0 aliphatic carbocycles. The second-order valence-electron chi connectivity index (χ2n) is 5.83. The fourth-order valence-corrected chi connectivity index (χ4v) is 2.14. The van der Waals surface area contributed by atoms with Crippen LogP contribution in [0.1, 0.15) is 22.8 Å². The lowest BCUT2D eigenvalue weighted by atomic mass is 10.2. The number of benzene rings is 1. The molecule has 1 unspecified atom stereocenters. The molecule has 2 amide bonds. The number of hydrogen-bond acceptors (Lipinski definition) is 4. The van der Waals surface area contributed by atoms with E-state index in [1.165, 1.54) is 41.8 Å². The van der Waals surface area contributed by atoms with E-state index < -0.39 is 17.9 Å². The molecule has 1 aromatic carbocycles. The van der Waals surface area contributed by atoms with Gasteiger partial charge in [0.25, 0.3) is 11.5 Å². The predicted molar refractivity (Wildman–Crippen MR) is 95.1 cm³/mol. The van der Waals surface area contributed by atoms with E-state index in [4.69, 9.17) is 5.11 Å². The van der Waals surface area contributed by atoms with Gasteiger partial charge in [-0.15, -0.1) is 0 Å². The summed E-state index contributed by atoms with van der Waals surface area (Å²) in [5, 5.41) is 13.8. The quantitative estimate of drug-likeness (QED) is 0.713. The van der Waals surface area contributed by atoms with Crippen LogP contribution in [0.3, 0.4) is 0 Å². The molecule has 0 bridgehead atoms. The van der Waals surface area contributed by atoms with Crippen LogP contribution in [0.25, 0.3) is 0 Å². The van der Waals surface area contributed by atoms with Crippen molar-refractivity contribution in [2.24, 2.45) is 0 Å². The summed E-state index contributed by atoms with van der Waals surface area (Å²) in [4.78, 5) is 46.5. The van der Waals surface area contributed by atoms with E-state index in [9.17, 15) is 19.2 Å². The molecule has 0 aliphatic rings. The summed E-state index contributed by atoms with van der Waals surface area (Å²) in [6.07, 6.45) is 1.55. The normalized spacial score (nSPS) is 11.5. The molecular weight excluding hydrogens is 338 g/mol. The molecule has 0 saturated heterocycles. The van der Waals surface area contributed by atoms with Gasteiger partial charge in [0.1, 0.15) is 12.6 Å². The van der Waals surface area contributed by atoms with Gasteiger partial charge < -0.3 is 20.3 Å². The summed E-state index contributed by atoms with van der Waals surface area (Å²) >= 11 is 0. The lowest BCUT2D eigenvalue weighted by Crippen LogP contribution is -2.38. The molecule has 0 fully saturated rings. The highest BCUT2D eigenvalue weighted by molar-refractivity contribution is 5.97. The van der Waals surface area contributed by atoms with Crippen molar-refractivity contribution in [2.45, 2.75) is 26.4 Å². The Balaban J connectivity index is 1.98. The summed E-state index contributed by atoms with van der Waals surface area (Å²) in [5.74, 6) is -2.04. The molecular formula is C18H19N3O5. The zero-order valence-corrected chi connectivity index (χ0v) is 14.4. The molecule has 2 aromatic rings. The number of carbonyl (C=O) groups is 3. The first-order valence-electron chi connectivity index (χ1n) is 7.87. The minimum absolute atomic E-state index is 0.128. The molecule has 1 heterocycles. The average Bonchev–Trinajstić information content (AvgIpc) is 2.57. The standard InChI is InChI=1S/C18H19N3O5/c1-11-7-8-21(16(23)9-11)10-15(22)20-14-5-3-13(4-6-14)17(24)19-12(2)18(25)26/h3-9,12H,10H2,1-2H3,(H,19,24)(H,20,22)(H,25,26). The number of carbonyl (C=O) groups excluding carboxylic acids is 2. The minimum Gasteiger partial charge on any atom is -0.480 e. The van der Waals surface area contributed by atoms with Crippen LogP contribution in [0.15, 0.2) is 47.4 Å². The van der Waals surface area contributed by atoms with Gasteiger partial charge in [-0.05, 0) is 49.7 Å². The number of aryl methyl sites for hydroxylation is 1. The van der Waals surface area contributed by atoms with E-state index in [1.54, 1.807) is 19.2 Å². The molecule has 1 aromatic heterocycles. The Morgan fingerprint density at radius 2 is 1.81 bits per heavy atom. The summed E-state index contributed by atoms with van der Waals surface area (Å²) in [5.41, 5.74) is 1.28. The highest BCUT2D eigenvalue weighted by Crippen LogP contribution is 2.10. The first-order valence-corrected chi connectivity index (χ1v) is 7.87. The molecule has 136 valence electrons. The second kappa shape index (κ2) is 8.11. The molecule has 2 rings (SSSR count). The zero-order chi connectivity index (χ0) is 19.3. The van der Waals surface area contributed by atoms with E-state index in [0.29, 0.717) is 5.69 Å². The largest absolute Gasteiger partial charge is 0.480 e. The molecule has 8 nitrogen and oxygen atoms in total. The van der Waals surface area contributed by atoms with Crippen molar-refractivity contribution in [3.05, 3.63) is 64.1 Å². The second-order valence-corrected chi connectivity index (χ2v) is 5.83. The van der Waals surface area contributed by atoms with Crippen LogP contribution in [0.2, 0.25) is 0 Å². The molecule has 0 radical (unpaired) electrons. The molecule has 26 heavy (non-hydrogen) atoms. The Kier molecular flexibility index (Phi) is 5.90. The predicted octanol–water partition coefficient (Wildman–Crippen LogP) is 0.998. The third-order valence-electron chi connectivity index (χ3n) is 3.61. The van der Waals surface area contributed by atoms with E-state index in [1.807, 2.05) is 0 Å². The van der Waals surface area contributed by atoms with E-state index >= 15 is 0 Å². The van der Waals surface area contributed by atoms with Crippen LogP contribution in [0, 0.1) is 6.92 Å². The maximum atomic E-state index is 12.0. The van der Waals surface area contributed by atoms with Gasteiger partial charge in [-0.1, -0.05) is 0 Å². The van der Waals surface area contributed by atoms with Crippen molar-refractivity contribution >= 4 is 23.5 Å². The number of anilines is 1.